The van der Waals surface area contributed by atoms with Crippen LogP contribution in [0.15, 0.2) is 11.8 Å². The second kappa shape index (κ2) is 3.89. The van der Waals surface area contributed by atoms with Crippen molar-refractivity contribution in [3.8, 4) is 0 Å². The highest BCUT2D eigenvalue weighted by molar-refractivity contribution is 5.91. The maximum absolute atomic E-state index is 11.1. The number of carbonyl (C=O) groups is 1. The summed E-state index contributed by atoms with van der Waals surface area (Å²) >= 11 is 0. The third-order valence-electron chi connectivity index (χ3n) is 2.25. The Balaban J connectivity index is 2.96. The highest BCUT2D eigenvalue weighted by Crippen LogP contribution is 2.31. The van der Waals surface area contributed by atoms with E-state index in [0.29, 0.717) is 18.6 Å². The number of methoxy groups -OCH3 is 3. The van der Waals surface area contributed by atoms with E-state index in [9.17, 15) is 4.79 Å². The van der Waals surface area contributed by atoms with Gasteiger partial charge in [0.15, 0.2) is 11.5 Å². The Bertz CT molecular complexity index is 228. The summed E-state index contributed by atoms with van der Waals surface area (Å²) in [6.07, 6.45) is 2.35. The molecule has 1 aliphatic rings. The van der Waals surface area contributed by atoms with Crippen molar-refractivity contribution < 1.29 is 19.0 Å². The molecule has 0 N–H and O–H groups in total. The molecule has 0 heterocycles. The Morgan fingerprint density at radius 2 is 1.92 bits per heavy atom. The van der Waals surface area contributed by atoms with Crippen LogP contribution < -0.4 is 0 Å². The van der Waals surface area contributed by atoms with Crippen LogP contribution in [0.4, 0.5) is 0 Å². The largest absolute Gasteiger partial charge is 0.495 e. The molecule has 74 valence electrons. The Hall–Kier alpha value is -0.870. The molecule has 0 unspecified atom stereocenters. The average Bonchev–Trinajstić information content (AvgIpc) is 2.18. The summed E-state index contributed by atoms with van der Waals surface area (Å²) in [5.41, 5.74) is 0. The molecular weight excluding hydrogens is 172 g/mol. The topological polar surface area (TPSA) is 44.8 Å². The van der Waals surface area contributed by atoms with E-state index in [2.05, 4.69) is 0 Å². The summed E-state index contributed by atoms with van der Waals surface area (Å²) in [5, 5.41) is 0. The van der Waals surface area contributed by atoms with Gasteiger partial charge in [-0.15, -0.1) is 0 Å². The van der Waals surface area contributed by atoms with Crippen LogP contribution in [0.25, 0.3) is 0 Å². The van der Waals surface area contributed by atoms with Gasteiger partial charge in [-0.25, -0.2) is 0 Å². The fourth-order valence-electron chi connectivity index (χ4n) is 1.44. The summed E-state index contributed by atoms with van der Waals surface area (Å²) in [6, 6.07) is 0. The van der Waals surface area contributed by atoms with Gasteiger partial charge in [0.25, 0.3) is 0 Å². The number of hydrogen-bond acceptors (Lipinski definition) is 4. The molecule has 0 saturated heterocycles. The smallest absolute Gasteiger partial charge is 0.227 e. The minimum atomic E-state index is -0.872. The van der Waals surface area contributed by atoms with Crippen molar-refractivity contribution in [1.29, 1.82) is 0 Å². The molecular formula is C9H14O4. The first-order valence-corrected chi connectivity index (χ1v) is 4.08. The predicted molar refractivity (Wildman–Crippen MR) is 46.1 cm³/mol. The second-order valence-corrected chi connectivity index (χ2v) is 2.84. The van der Waals surface area contributed by atoms with Gasteiger partial charge in [0.2, 0.25) is 5.79 Å². The van der Waals surface area contributed by atoms with Crippen LogP contribution in [-0.4, -0.2) is 32.9 Å². The molecule has 0 radical (unpaired) electrons. The molecule has 13 heavy (non-hydrogen) atoms. The molecule has 0 aromatic heterocycles. The summed E-state index contributed by atoms with van der Waals surface area (Å²) in [7, 11) is 4.57. The molecule has 0 bridgehead atoms. The lowest BCUT2D eigenvalue weighted by atomic mass is 9.98. The first-order chi connectivity index (χ1) is 6.18. The molecule has 0 spiro atoms. The van der Waals surface area contributed by atoms with E-state index in [1.807, 2.05) is 0 Å². The van der Waals surface area contributed by atoms with Gasteiger partial charge in [0.05, 0.1) is 7.11 Å². The van der Waals surface area contributed by atoms with Gasteiger partial charge < -0.3 is 14.2 Å². The van der Waals surface area contributed by atoms with Crippen molar-refractivity contribution in [3.05, 3.63) is 11.8 Å². The SMILES string of the molecule is COC1=CC(=O)CCC1(OC)OC. The number of carbonyl (C=O) groups excluding carboxylic acids is 1. The van der Waals surface area contributed by atoms with Gasteiger partial charge in [-0.1, -0.05) is 0 Å². The Morgan fingerprint density at radius 1 is 1.31 bits per heavy atom. The van der Waals surface area contributed by atoms with Gasteiger partial charge in [0.1, 0.15) is 0 Å². The summed E-state index contributed by atoms with van der Waals surface area (Å²) in [6.45, 7) is 0. The maximum Gasteiger partial charge on any atom is 0.227 e. The van der Waals surface area contributed by atoms with Crippen LogP contribution in [0.3, 0.4) is 0 Å². The van der Waals surface area contributed by atoms with Crippen molar-refractivity contribution in [1.82, 2.24) is 0 Å². The molecule has 0 saturated carbocycles. The predicted octanol–water partition coefficient (Wildman–Crippen LogP) is 0.869. The number of ketones is 1. The molecule has 0 atom stereocenters. The minimum absolute atomic E-state index is 0.0431. The second-order valence-electron chi connectivity index (χ2n) is 2.84. The Morgan fingerprint density at radius 3 is 2.38 bits per heavy atom. The fourth-order valence-corrected chi connectivity index (χ4v) is 1.44. The van der Waals surface area contributed by atoms with Crippen molar-refractivity contribution in [3.63, 3.8) is 0 Å². The number of allylic oxidation sites excluding steroid dienone is 1. The third kappa shape index (κ3) is 1.73. The highest BCUT2D eigenvalue weighted by Gasteiger charge is 2.39. The highest BCUT2D eigenvalue weighted by atomic mass is 16.7. The van der Waals surface area contributed by atoms with Gasteiger partial charge >= 0.3 is 0 Å². The number of rotatable bonds is 3. The zero-order chi connectivity index (χ0) is 9.90. The Labute approximate surface area is 77.5 Å². The van der Waals surface area contributed by atoms with Gasteiger partial charge in [-0.2, -0.15) is 0 Å². The average molecular weight is 186 g/mol. The van der Waals surface area contributed by atoms with Gasteiger partial charge in [-0.05, 0) is 0 Å². The van der Waals surface area contributed by atoms with Gasteiger partial charge in [-0.3, -0.25) is 4.79 Å². The molecule has 0 aromatic rings. The fraction of sp³-hybridized carbons (Fsp3) is 0.667. The van der Waals surface area contributed by atoms with E-state index < -0.39 is 5.79 Å². The lowest BCUT2D eigenvalue weighted by Crippen LogP contribution is -2.40. The lowest BCUT2D eigenvalue weighted by molar-refractivity contribution is -0.207. The molecule has 0 aliphatic heterocycles. The third-order valence-corrected chi connectivity index (χ3v) is 2.25. The van der Waals surface area contributed by atoms with Crippen LogP contribution in [0.2, 0.25) is 0 Å². The van der Waals surface area contributed by atoms with Crippen molar-refractivity contribution >= 4 is 5.78 Å². The minimum Gasteiger partial charge on any atom is -0.495 e. The van der Waals surface area contributed by atoms with E-state index >= 15 is 0 Å². The van der Waals surface area contributed by atoms with Crippen LogP contribution in [0.1, 0.15) is 12.8 Å². The van der Waals surface area contributed by atoms with Crippen molar-refractivity contribution in [2.45, 2.75) is 18.6 Å². The molecule has 0 amide bonds. The zero-order valence-electron chi connectivity index (χ0n) is 8.12. The standard InChI is InChI=1S/C9H14O4/c1-11-8-6-7(10)4-5-9(8,12-2)13-3/h6H,4-5H2,1-3H3. The molecule has 1 aliphatic carbocycles. The van der Waals surface area contributed by atoms with Crippen LogP contribution in [0, 0.1) is 0 Å². The molecule has 4 heteroatoms. The van der Waals surface area contributed by atoms with Crippen LogP contribution >= 0.6 is 0 Å². The molecule has 1 rings (SSSR count). The number of ether oxygens (including phenoxy) is 3. The quantitative estimate of drug-likeness (QED) is 0.613. The first-order valence-electron chi connectivity index (χ1n) is 4.08. The van der Waals surface area contributed by atoms with Gasteiger partial charge in [0, 0.05) is 33.1 Å². The van der Waals surface area contributed by atoms with E-state index in [-0.39, 0.29) is 5.78 Å². The van der Waals surface area contributed by atoms with E-state index in [0.717, 1.165) is 0 Å². The normalized spacial score (nSPS) is 21.2. The summed E-state index contributed by atoms with van der Waals surface area (Å²) < 4.78 is 15.5. The van der Waals surface area contributed by atoms with E-state index in [1.54, 1.807) is 0 Å². The van der Waals surface area contributed by atoms with Crippen molar-refractivity contribution in [2.75, 3.05) is 21.3 Å². The molecule has 0 fully saturated rings. The summed E-state index contributed by atoms with van der Waals surface area (Å²) in [4.78, 5) is 11.1. The van der Waals surface area contributed by atoms with Crippen LogP contribution in [-0.2, 0) is 19.0 Å². The van der Waals surface area contributed by atoms with Crippen LogP contribution in [0.5, 0.6) is 0 Å². The first kappa shape index (κ1) is 10.2. The summed E-state index contributed by atoms with van der Waals surface area (Å²) in [5.74, 6) is -0.391. The van der Waals surface area contributed by atoms with Crippen molar-refractivity contribution in [2.24, 2.45) is 0 Å². The lowest BCUT2D eigenvalue weighted by Gasteiger charge is -2.33. The monoisotopic (exact) mass is 186 g/mol. The zero-order valence-corrected chi connectivity index (χ0v) is 8.12. The van der Waals surface area contributed by atoms with E-state index in [1.165, 1.54) is 27.4 Å². The van der Waals surface area contributed by atoms with E-state index in [4.69, 9.17) is 14.2 Å². The maximum atomic E-state index is 11.1. The number of hydrogen-bond donors (Lipinski definition) is 0. The molecule has 0 aromatic carbocycles. The Kier molecular flexibility index (Phi) is 3.06. The molecule has 4 nitrogen and oxygen atoms in total.